The van der Waals surface area contributed by atoms with Crippen LogP contribution >= 0.6 is 0 Å². The van der Waals surface area contributed by atoms with Gasteiger partial charge in [-0.25, -0.2) is 0 Å². The molecule has 0 aliphatic heterocycles. The monoisotopic (exact) mass is 384 g/mol. The van der Waals surface area contributed by atoms with E-state index in [2.05, 4.69) is 10.6 Å². The van der Waals surface area contributed by atoms with E-state index in [1.165, 1.54) is 6.08 Å². The summed E-state index contributed by atoms with van der Waals surface area (Å²) in [7, 11) is 4.70. The van der Waals surface area contributed by atoms with E-state index in [4.69, 9.17) is 14.2 Å². The van der Waals surface area contributed by atoms with E-state index in [-0.39, 0.29) is 11.8 Å². The number of benzene rings is 2. The van der Waals surface area contributed by atoms with Gasteiger partial charge in [0.25, 0.3) is 5.91 Å². The van der Waals surface area contributed by atoms with Gasteiger partial charge in [-0.1, -0.05) is 0 Å². The van der Waals surface area contributed by atoms with Crippen LogP contribution in [0, 0.1) is 0 Å². The molecule has 0 heterocycles. The molecule has 2 amide bonds. The number of carbonyl (C=O) groups is 2. The molecule has 2 aromatic carbocycles. The molecule has 0 aliphatic carbocycles. The van der Waals surface area contributed by atoms with Crippen LogP contribution in [0.2, 0.25) is 0 Å². The van der Waals surface area contributed by atoms with Crippen LogP contribution in [0.3, 0.4) is 0 Å². The number of methoxy groups -OCH3 is 3. The minimum atomic E-state index is -0.263. The predicted molar refractivity (Wildman–Crippen MR) is 107 cm³/mol. The molecule has 28 heavy (non-hydrogen) atoms. The molecule has 0 fully saturated rings. The van der Waals surface area contributed by atoms with Crippen LogP contribution in [0.15, 0.2) is 48.5 Å². The summed E-state index contributed by atoms with van der Waals surface area (Å²) in [5, 5.41) is 5.46. The van der Waals surface area contributed by atoms with E-state index in [1.807, 2.05) is 0 Å². The molecule has 0 saturated heterocycles. The van der Waals surface area contributed by atoms with E-state index < -0.39 is 0 Å². The van der Waals surface area contributed by atoms with E-state index in [0.717, 1.165) is 5.56 Å². The molecule has 0 aromatic heterocycles. The third-order valence-corrected chi connectivity index (χ3v) is 3.86. The van der Waals surface area contributed by atoms with Crippen LogP contribution in [-0.2, 0) is 4.79 Å². The second-order valence-electron chi connectivity index (χ2n) is 5.75. The lowest BCUT2D eigenvalue weighted by atomic mass is 10.2. The molecule has 0 atom stereocenters. The van der Waals surface area contributed by atoms with Gasteiger partial charge in [0.2, 0.25) is 5.91 Å². The van der Waals surface area contributed by atoms with Crippen LogP contribution in [-0.4, -0.2) is 46.2 Å². The lowest BCUT2D eigenvalue weighted by molar-refractivity contribution is -0.116. The Balaban J connectivity index is 1.77. The van der Waals surface area contributed by atoms with Crippen molar-refractivity contribution in [1.82, 2.24) is 10.6 Å². The zero-order valence-electron chi connectivity index (χ0n) is 16.2. The summed E-state index contributed by atoms with van der Waals surface area (Å²) in [6.45, 7) is 0.629. The van der Waals surface area contributed by atoms with Crippen molar-refractivity contribution in [1.29, 1.82) is 0 Å². The first-order valence-electron chi connectivity index (χ1n) is 8.67. The number of rotatable bonds is 9. The molecule has 0 radical (unpaired) electrons. The fraction of sp³-hybridized carbons (Fsp3) is 0.238. The third kappa shape index (κ3) is 6.35. The predicted octanol–water partition coefficient (Wildman–Crippen LogP) is 2.27. The van der Waals surface area contributed by atoms with Gasteiger partial charge in [0.05, 0.1) is 21.3 Å². The first kappa shape index (κ1) is 20.8. The van der Waals surface area contributed by atoms with Crippen molar-refractivity contribution >= 4 is 17.9 Å². The Bertz CT molecular complexity index is 809. The molecule has 0 saturated carbocycles. The number of nitrogens with one attached hydrogen (secondary N) is 2. The number of hydrogen-bond donors (Lipinski definition) is 2. The fourth-order valence-corrected chi connectivity index (χ4v) is 2.36. The van der Waals surface area contributed by atoms with Crippen molar-refractivity contribution in [3.63, 3.8) is 0 Å². The zero-order valence-corrected chi connectivity index (χ0v) is 16.2. The number of carbonyl (C=O) groups excluding carboxylic acids is 2. The number of ether oxygens (including phenoxy) is 3. The standard InChI is InChI=1S/C21H24N2O5/c1-26-17-7-5-16(6-8-17)21(25)23-11-10-22-20(24)9-4-15-12-18(27-2)14-19(13-15)28-3/h4-9,12-14H,10-11H2,1-3H3,(H,22,24)(H,23,25)/b9-4+. The maximum Gasteiger partial charge on any atom is 0.251 e. The smallest absolute Gasteiger partial charge is 0.251 e. The highest BCUT2D eigenvalue weighted by Gasteiger charge is 2.05. The summed E-state index contributed by atoms with van der Waals surface area (Å²) in [6, 6.07) is 12.1. The highest BCUT2D eigenvalue weighted by molar-refractivity contribution is 5.94. The summed E-state index contributed by atoms with van der Waals surface area (Å²) < 4.78 is 15.4. The Labute approximate surface area is 164 Å². The second-order valence-corrected chi connectivity index (χ2v) is 5.75. The van der Waals surface area contributed by atoms with Gasteiger partial charge in [0, 0.05) is 30.8 Å². The average Bonchev–Trinajstić information content (AvgIpc) is 2.74. The van der Waals surface area contributed by atoms with Crippen LogP contribution in [0.1, 0.15) is 15.9 Å². The van der Waals surface area contributed by atoms with Crippen molar-refractivity contribution in [2.24, 2.45) is 0 Å². The molecule has 7 heteroatoms. The van der Waals surface area contributed by atoms with Crippen LogP contribution in [0.4, 0.5) is 0 Å². The summed E-state index contributed by atoms with van der Waals surface area (Å²) in [5.74, 6) is 1.49. The van der Waals surface area contributed by atoms with Gasteiger partial charge in [-0.05, 0) is 48.0 Å². The maximum atomic E-state index is 12.0. The quantitative estimate of drug-likeness (QED) is 0.512. The summed E-state index contributed by atoms with van der Waals surface area (Å²) in [5.41, 5.74) is 1.30. The van der Waals surface area contributed by atoms with E-state index >= 15 is 0 Å². The van der Waals surface area contributed by atoms with Crippen LogP contribution < -0.4 is 24.8 Å². The lowest BCUT2D eigenvalue weighted by Gasteiger charge is -2.07. The molecule has 0 spiro atoms. The van der Waals surface area contributed by atoms with E-state index in [0.29, 0.717) is 35.9 Å². The topological polar surface area (TPSA) is 85.9 Å². The maximum absolute atomic E-state index is 12.0. The SMILES string of the molecule is COc1ccc(C(=O)NCCNC(=O)/C=C/c2cc(OC)cc(OC)c2)cc1. The second kappa shape index (κ2) is 10.6. The molecular formula is C21H24N2O5. The molecular weight excluding hydrogens is 360 g/mol. The van der Waals surface area contributed by atoms with Crippen molar-refractivity contribution in [2.75, 3.05) is 34.4 Å². The fourth-order valence-electron chi connectivity index (χ4n) is 2.36. The Hall–Kier alpha value is -3.48. The highest BCUT2D eigenvalue weighted by atomic mass is 16.5. The number of hydrogen-bond acceptors (Lipinski definition) is 5. The molecule has 2 N–H and O–H groups in total. The van der Waals surface area contributed by atoms with E-state index in [1.54, 1.807) is 69.9 Å². The van der Waals surface area contributed by atoms with Crippen molar-refractivity contribution < 1.29 is 23.8 Å². The summed E-state index contributed by atoms with van der Waals surface area (Å²) >= 11 is 0. The van der Waals surface area contributed by atoms with Gasteiger partial charge in [0.1, 0.15) is 17.2 Å². The minimum Gasteiger partial charge on any atom is -0.497 e. The third-order valence-electron chi connectivity index (χ3n) is 3.86. The van der Waals surface area contributed by atoms with Gasteiger partial charge >= 0.3 is 0 Å². The molecule has 0 unspecified atom stereocenters. The van der Waals surface area contributed by atoms with Gasteiger partial charge in [0.15, 0.2) is 0 Å². The molecule has 2 rings (SSSR count). The average molecular weight is 384 g/mol. The Kier molecular flexibility index (Phi) is 7.90. The van der Waals surface area contributed by atoms with Crippen LogP contribution in [0.5, 0.6) is 17.2 Å². The van der Waals surface area contributed by atoms with Crippen molar-refractivity contribution in [3.8, 4) is 17.2 Å². The van der Waals surface area contributed by atoms with Crippen molar-refractivity contribution in [3.05, 3.63) is 59.7 Å². The normalized spacial score (nSPS) is 10.4. The highest BCUT2D eigenvalue weighted by Crippen LogP contribution is 2.23. The molecule has 2 aromatic rings. The van der Waals surface area contributed by atoms with Gasteiger partial charge < -0.3 is 24.8 Å². The Morgan fingerprint density at radius 3 is 1.96 bits per heavy atom. The lowest BCUT2D eigenvalue weighted by Crippen LogP contribution is -2.33. The minimum absolute atomic E-state index is 0.212. The van der Waals surface area contributed by atoms with Crippen LogP contribution in [0.25, 0.3) is 6.08 Å². The Morgan fingerprint density at radius 1 is 0.821 bits per heavy atom. The Morgan fingerprint density at radius 2 is 1.39 bits per heavy atom. The molecule has 7 nitrogen and oxygen atoms in total. The summed E-state index contributed by atoms with van der Waals surface area (Å²) in [4.78, 5) is 23.9. The number of amides is 2. The summed E-state index contributed by atoms with van der Waals surface area (Å²) in [6.07, 6.45) is 3.08. The zero-order chi connectivity index (χ0) is 20.4. The van der Waals surface area contributed by atoms with Gasteiger partial charge in [-0.2, -0.15) is 0 Å². The van der Waals surface area contributed by atoms with Gasteiger partial charge in [-0.15, -0.1) is 0 Å². The largest absolute Gasteiger partial charge is 0.497 e. The molecule has 148 valence electrons. The van der Waals surface area contributed by atoms with E-state index in [9.17, 15) is 9.59 Å². The first-order chi connectivity index (χ1) is 13.5. The van der Waals surface area contributed by atoms with Gasteiger partial charge in [-0.3, -0.25) is 9.59 Å². The molecule has 0 bridgehead atoms. The van der Waals surface area contributed by atoms with Crippen molar-refractivity contribution in [2.45, 2.75) is 0 Å². The first-order valence-corrected chi connectivity index (χ1v) is 8.67. The molecule has 0 aliphatic rings.